The van der Waals surface area contributed by atoms with Gasteiger partial charge in [-0.25, -0.2) is 8.42 Å². The number of aromatic nitrogens is 1. The lowest BCUT2D eigenvalue weighted by Gasteiger charge is -2.16. The maximum atomic E-state index is 12.5. The van der Waals surface area contributed by atoms with E-state index in [0.29, 0.717) is 24.2 Å². The van der Waals surface area contributed by atoms with Gasteiger partial charge in [0.25, 0.3) is 5.91 Å². The van der Waals surface area contributed by atoms with Crippen LogP contribution in [-0.4, -0.2) is 32.1 Å². The van der Waals surface area contributed by atoms with Crippen LogP contribution in [0, 0.1) is 0 Å². The van der Waals surface area contributed by atoms with Crippen molar-refractivity contribution in [1.29, 1.82) is 0 Å². The molecule has 2 aromatic carbocycles. The molecule has 6 nitrogen and oxygen atoms in total. The SMILES string of the molecule is CS(=O)(=O)N1CCc2cc(C(=O)Nc3ccc4[nH]ccc4c3)ccc21. The minimum absolute atomic E-state index is 0.213. The molecule has 0 spiro atoms. The lowest BCUT2D eigenvalue weighted by Crippen LogP contribution is -2.27. The molecule has 0 bridgehead atoms. The average molecular weight is 355 g/mol. The molecule has 0 saturated carbocycles. The van der Waals surface area contributed by atoms with Crippen molar-refractivity contribution in [3.05, 3.63) is 59.8 Å². The first-order valence-corrected chi connectivity index (χ1v) is 9.76. The van der Waals surface area contributed by atoms with Gasteiger partial charge in [0.1, 0.15) is 0 Å². The zero-order valence-corrected chi connectivity index (χ0v) is 14.4. The molecule has 4 rings (SSSR count). The summed E-state index contributed by atoms with van der Waals surface area (Å²) < 4.78 is 24.9. The zero-order chi connectivity index (χ0) is 17.6. The van der Waals surface area contributed by atoms with Gasteiger partial charge in [-0.15, -0.1) is 0 Å². The molecule has 1 aliphatic heterocycles. The van der Waals surface area contributed by atoms with Crippen molar-refractivity contribution in [3.63, 3.8) is 0 Å². The van der Waals surface area contributed by atoms with Gasteiger partial charge in [0.05, 0.1) is 11.9 Å². The normalized spacial score (nSPS) is 13.9. The van der Waals surface area contributed by atoms with Crippen LogP contribution in [0.1, 0.15) is 15.9 Å². The fourth-order valence-electron chi connectivity index (χ4n) is 3.19. The van der Waals surface area contributed by atoms with Crippen LogP contribution in [0.4, 0.5) is 11.4 Å². The number of nitrogens with zero attached hydrogens (tertiary/aromatic N) is 1. The summed E-state index contributed by atoms with van der Waals surface area (Å²) >= 11 is 0. The van der Waals surface area contributed by atoms with E-state index in [2.05, 4.69) is 10.3 Å². The Kier molecular flexibility index (Phi) is 3.54. The number of H-pyrrole nitrogens is 1. The first-order valence-electron chi connectivity index (χ1n) is 7.91. The van der Waals surface area contributed by atoms with Crippen LogP contribution in [0.3, 0.4) is 0 Å². The molecule has 0 fully saturated rings. The summed E-state index contributed by atoms with van der Waals surface area (Å²) in [6, 6.07) is 12.7. The number of carbonyl (C=O) groups excluding carboxylic acids is 1. The number of benzene rings is 2. The van der Waals surface area contributed by atoms with Gasteiger partial charge >= 0.3 is 0 Å². The summed E-state index contributed by atoms with van der Waals surface area (Å²) in [5.74, 6) is -0.213. The predicted molar refractivity (Wildman–Crippen MR) is 98.6 cm³/mol. The van der Waals surface area contributed by atoms with Gasteiger partial charge < -0.3 is 10.3 Å². The first-order chi connectivity index (χ1) is 11.9. The van der Waals surface area contributed by atoms with Crippen molar-refractivity contribution in [2.24, 2.45) is 0 Å². The Morgan fingerprint density at radius 2 is 2.00 bits per heavy atom. The molecule has 3 aromatic rings. The maximum Gasteiger partial charge on any atom is 0.255 e. The zero-order valence-electron chi connectivity index (χ0n) is 13.6. The molecular formula is C18H17N3O3S. The molecule has 0 atom stereocenters. The lowest BCUT2D eigenvalue weighted by molar-refractivity contribution is 0.102. The van der Waals surface area contributed by atoms with Crippen LogP contribution in [0.5, 0.6) is 0 Å². The minimum Gasteiger partial charge on any atom is -0.361 e. The lowest BCUT2D eigenvalue weighted by atomic mass is 10.1. The van der Waals surface area contributed by atoms with E-state index < -0.39 is 10.0 Å². The van der Waals surface area contributed by atoms with Crippen molar-refractivity contribution in [2.45, 2.75) is 6.42 Å². The molecule has 1 amide bonds. The van der Waals surface area contributed by atoms with Gasteiger partial charge in [-0.3, -0.25) is 9.10 Å². The van der Waals surface area contributed by atoms with Crippen molar-refractivity contribution < 1.29 is 13.2 Å². The highest BCUT2D eigenvalue weighted by Crippen LogP contribution is 2.31. The molecule has 25 heavy (non-hydrogen) atoms. The third-order valence-electron chi connectivity index (χ3n) is 4.41. The van der Waals surface area contributed by atoms with Crippen LogP contribution >= 0.6 is 0 Å². The van der Waals surface area contributed by atoms with Crippen molar-refractivity contribution in [3.8, 4) is 0 Å². The van der Waals surface area contributed by atoms with Gasteiger partial charge in [0.15, 0.2) is 0 Å². The van der Waals surface area contributed by atoms with Crippen LogP contribution in [0.15, 0.2) is 48.7 Å². The molecule has 0 radical (unpaired) electrons. The first kappa shape index (κ1) is 15.7. The number of carbonyl (C=O) groups is 1. The summed E-state index contributed by atoms with van der Waals surface area (Å²) in [6.07, 6.45) is 3.66. The average Bonchev–Trinajstić information content (AvgIpc) is 3.19. The molecule has 1 aromatic heterocycles. The minimum atomic E-state index is -3.28. The van der Waals surface area contributed by atoms with E-state index in [9.17, 15) is 13.2 Å². The molecule has 0 unspecified atom stereocenters. The maximum absolute atomic E-state index is 12.5. The Hall–Kier alpha value is -2.80. The van der Waals surface area contributed by atoms with E-state index in [1.54, 1.807) is 18.2 Å². The Bertz CT molecular complexity index is 1090. The van der Waals surface area contributed by atoms with Crippen LogP contribution < -0.4 is 9.62 Å². The Morgan fingerprint density at radius 3 is 2.80 bits per heavy atom. The van der Waals surface area contributed by atoms with E-state index in [-0.39, 0.29) is 5.91 Å². The highest BCUT2D eigenvalue weighted by Gasteiger charge is 2.26. The van der Waals surface area contributed by atoms with Crippen molar-refractivity contribution in [2.75, 3.05) is 22.4 Å². The third kappa shape index (κ3) is 2.87. The number of nitrogens with one attached hydrogen (secondary N) is 2. The second kappa shape index (κ2) is 5.63. The van der Waals surface area contributed by atoms with Crippen molar-refractivity contribution >= 4 is 38.2 Å². The van der Waals surface area contributed by atoms with Gasteiger partial charge in [-0.05, 0) is 54.4 Å². The number of sulfonamides is 1. The van der Waals surface area contributed by atoms with Crippen LogP contribution in [0.25, 0.3) is 10.9 Å². The Balaban J connectivity index is 1.59. The Labute approximate surface area is 145 Å². The number of hydrogen-bond acceptors (Lipinski definition) is 3. The van der Waals surface area contributed by atoms with E-state index in [1.165, 1.54) is 10.6 Å². The fourth-order valence-corrected chi connectivity index (χ4v) is 4.15. The summed E-state index contributed by atoms with van der Waals surface area (Å²) in [5, 5.41) is 3.91. The molecule has 1 aliphatic rings. The highest BCUT2D eigenvalue weighted by molar-refractivity contribution is 7.92. The smallest absolute Gasteiger partial charge is 0.255 e. The summed E-state index contributed by atoms with van der Waals surface area (Å²) in [6.45, 7) is 0.420. The summed E-state index contributed by atoms with van der Waals surface area (Å²) in [7, 11) is -3.28. The molecule has 0 saturated heterocycles. The second-order valence-electron chi connectivity index (χ2n) is 6.16. The van der Waals surface area contributed by atoms with Gasteiger partial charge in [0.2, 0.25) is 10.0 Å². The number of hydrogen-bond donors (Lipinski definition) is 2. The quantitative estimate of drug-likeness (QED) is 0.758. The highest BCUT2D eigenvalue weighted by atomic mass is 32.2. The van der Waals surface area contributed by atoms with Gasteiger partial charge in [-0.2, -0.15) is 0 Å². The molecule has 7 heteroatoms. The van der Waals surface area contributed by atoms with E-state index in [4.69, 9.17) is 0 Å². The van der Waals surface area contributed by atoms with Crippen molar-refractivity contribution in [1.82, 2.24) is 4.98 Å². The van der Waals surface area contributed by atoms with Gasteiger partial charge in [0, 0.05) is 34.9 Å². The van der Waals surface area contributed by atoms with Crippen LogP contribution in [-0.2, 0) is 16.4 Å². The number of fused-ring (bicyclic) bond motifs is 2. The molecule has 2 heterocycles. The molecule has 128 valence electrons. The molecule has 2 N–H and O–H groups in total. The van der Waals surface area contributed by atoms with E-state index >= 15 is 0 Å². The summed E-state index contributed by atoms with van der Waals surface area (Å²) in [5.41, 5.74) is 3.78. The largest absolute Gasteiger partial charge is 0.361 e. The fraction of sp³-hybridized carbons (Fsp3) is 0.167. The van der Waals surface area contributed by atoms with E-state index in [1.807, 2.05) is 30.5 Å². The van der Waals surface area contributed by atoms with E-state index in [0.717, 1.165) is 22.2 Å². The molecule has 0 aliphatic carbocycles. The standard InChI is InChI=1S/C18H17N3O3S/c1-25(23,24)21-9-7-13-10-14(2-5-17(13)21)18(22)20-15-3-4-16-12(11-15)6-8-19-16/h2-6,8,10-11,19H,7,9H2,1H3,(H,20,22). The van der Waals surface area contributed by atoms with Crippen LogP contribution in [0.2, 0.25) is 0 Å². The Morgan fingerprint density at radius 1 is 1.16 bits per heavy atom. The number of amides is 1. The third-order valence-corrected chi connectivity index (χ3v) is 5.59. The monoisotopic (exact) mass is 355 g/mol. The number of aromatic amines is 1. The summed E-state index contributed by atoms with van der Waals surface area (Å²) in [4.78, 5) is 15.6. The number of anilines is 2. The second-order valence-corrected chi connectivity index (χ2v) is 8.07. The number of rotatable bonds is 3. The predicted octanol–water partition coefficient (Wildman–Crippen LogP) is 2.74. The molecular weight excluding hydrogens is 338 g/mol. The topological polar surface area (TPSA) is 82.3 Å². The van der Waals surface area contributed by atoms with Gasteiger partial charge in [-0.1, -0.05) is 0 Å².